The van der Waals surface area contributed by atoms with Crippen LogP contribution in [0.2, 0.25) is 0 Å². The molecular formula is C26H27FN4O3. The third kappa shape index (κ3) is 4.53. The summed E-state index contributed by atoms with van der Waals surface area (Å²) >= 11 is 0. The molecular weight excluding hydrogens is 435 g/mol. The Labute approximate surface area is 198 Å². The third-order valence-corrected chi connectivity index (χ3v) is 6.30. The van der Waals surface area contributed by atoms with Gasteiger partial charge in [-0.1, -0.05) is 12.1 Å². The number of methoxy groups -OCH3 is 1. The highest BCUT2D eigenvalue weighted by Gasteiger charge is 2.29. The van der Waals surface area contributed by atoms with Gasteiger partial charge in [-0.2, -0.15) is 4.98 Å². The van der Waals surface area contributed by atoms with Gasteiger partial charge in [-0.3, -0.25) is 4.79 Å². The van der Waals surface area contributed by atoms with Crippen LogP contribution in [0.5, 0.6) is 17.4 Å². The molecule has 1 fully saturated rings. The molecule has 0 unspecified atom stereocenters. The maximum atomic E-state index is 13.3. The molecule has 5 rings (SSSR count). The van der Waals surface area contributed by atoms with Gasteiger partial charge in [0.1, 0.15) is 5.82 Å². The molecule has 0 aliphatic carbocycles. The number of benzene rings is 2. The third-order valence-electron chi connectivity index (χ3n) is 6.30. The van der Waals surface area contributed by atoms with E-state index in [4.69, 9.17) is 19.4 Å². The number of amides is 1. The van der Waals surface area contributed by atoms with E-state index in [0.717, 1.165) is 37.2 Å². The number of rotatable bonds is 5. The van der Waals surface area contributed by atoms with Gasteiger partial charge >= 0.3 is 0 Å². The number of carbonyl (C=O) groups excluding carboxylic acids is 1. The lowest BCUT2D eigenvalue weighted by atomic mass is 10.0. The van der Waals surface area contributed by atoms with Gasteiger partial charge < -0.3 is 19.3 Å². The van der Waals surface area contributed by atoms with E-state index in [0.29, 0.717) is 48.4 Å². The number of hydrogen-bond acceptors (Lipinski definition) is 6. The fraction of sp³-hybridized carbons (Fsp3) is 0.346. The van der Waals surface area contributed by atoms with Crippen LogP contribution >= 0.6 is 0 Å². The average molecular weight is 463 g/mol. The van der Waals surface area contributed by atoms with E-state index in [2.05, 4.69) is 4.90 Å². The fourth-order valence-electron chi connectivity index (χ4n) is 4.45. The van der Waals surface area contributed by atoms with Crippen molar-refractivity contribution >= 4 is 11.9 Å². The summed E-state index contributed by atoms with van der Waals surface area (Å²) in [5, 5.41) is 0. The van der Waals surface area contributed by atoms with Crippen LogP contribution in [0, 0.1) is 5.82 Å². The molecule has 2 aromatic carbocycles. The SMILES string of the molecule is COc1ccccc1Oc1nc(N2CCCCC2)nc2c1CN(C(=O)c1ccc(F)cc1)CC2. The van der Waals surface area contributed by atoms with E-state index in [-0.39, 0.29) is 11.7 Å². The molecule has 3 heterocycles. The minimum Gasteiger partial charge on any atom is -0.493 e. The molecule has 0 N–H and O–H groups in total. The summed E-state index contributed by atoms with van der Waals surface area (Å²) in [7, 11) is 1.60. The monoisotopic (exact) mass is 462 g/mol. The van der Waals surface area contributed by atoms with Gasteiger partial charge in [0.2, 0.25) is 11.8 Å². The van der Waals surface area contributed by atoms with Crippen LogP contribution in [0.15, 0.2) is 48.5 Å². The zero-order valence-corrected chi connectivity index (χ0v) is 19.2. The minimum atomic E-state index is -0.369. The van der Waals surface area contributed by atoms with Gasteiger partial charge in [-0.15, -0.1) is 0 Å². The molecule has 1 aromatic heterocycles. The van der Waals surface area contributed by atoms with E-state index in [1.165, 1.54) is 30.7 Å². The maximum Gasteiger partial charge on any atom is 0.254 e. The van der Waals surface area contributed by atoms with E-state index >= 15 is 0 Å². The van der Waals surface area contributed by atoms with Crippen molar-refractivity contribution in [3.8, 4) is 17.4 Å². The highest BCUT2D eigenvalue weighted by molar-refractivity contribution is 5.94. The molecule has 0 bridgehead atoms. The van der Waals surface area contributed by atoms with Crippen molar-refractivity contribution in [3.63, 3.8) is 0 Å². The van der Waals surface area contributed by atoms with Crippen LogP contribution in [-0.4, -0.2) is 47.5 Å². The number of fused-ring (bicyclic) bond motifs is 1. The number of aromatic nitrogens is 2. The largest absolute Gasteiger partial charge is 0.493 e. The Balaban J connectivity index is 1.49. The van der Waals surface area contributed by atoms with E-state index < -0.39 is 0 Å². The summed E-state index contributed by atoms with van der Waals surface area (Å²) in [4.78, 5) is 26.7. The molecule has 176 valence electrons. The van der Waals surface area contributed by atoms with Crippen LogP contribution in [0.3, 0.4) is 0 Å². The summed E-state index contributed by atoms with van der Waals surface area (Å²) < 4.78 is 25.1. The molecule has 2 aliphatic heterocycles. The molecule has 2 aliphatic rings. The summed E-state index contributed by atoms with van der Waals surface area (Å²) in [6, 6.07) is 13.0. The van der Waals surface area contributed by atoms with Crippen molar-refractivity contribution in [1.82, 2.24) is 14.9 Å². The number of hydrogen-bond donors (Lipinski definition) is 0. The van der Waals surface area contributed by atoms with Crippen molar-refractivity contribution in [1.29, 1.82) is 0 Å². The van der Waals surface area contributed by atoms with Crippen molar-refractivity contribution in [2.75, 3.05) is 31.6 Å². The van der Waals surface area contributed by atoms with Gasteiger partial charge in [0.25, 0.3) is 5.91 Å². The first-order valence-corrected chi connectivity index (χ1v) is 11.6. The summed E-state index contributed by atoms with van der Waals surface area (Å²) in [5.41, 5.74) is 2.12. The van der Waals surface area contributed by atoms with Crippen molar-refractivity contribution in [2.24, 2.45) is 0 Å². The Kier molecular flexibility index (Phi) is 6.29. The Bertz CT molecular complexity index is 1180. The van der Waals surface area contributed by atoms with Crippen molar-refractivity contribution in [2.45, 2.75) is 32.2 Å². The first-order chi connectivity index (χ1) is 16.6. The topological polar surface area (TPSA) is 67.8 Å². The summed E-state index contributed by atoms with van der Waals surface area (Å²) in [5.74, 6) is 1.73. The van der Waals surface area contributed by atoms with Gasteiger partial charge in [0.05, 0.1) is 24.9 Å². The van der Waals surface area contributed by atoms with E-state index in [9.17, 15) is 9.18 Å². The van der Waals surface area contributed by atoms with E-state index in [1.54, 1.807) is 12.0 Å². The number of carbonyl (C=O) groups is 1. The highest BCUT2D eigenvalue weighted by Crippen LogP contribution is 2.36. The lowest BCUT2D eigenvalue weighted by molar-refractivity contribution is 0.0732. The quantitative estimate of drug-likeness (QED) is 0.552. The van der Waals surface area contributed by atoms with Crippen LogP contribution in [-0.2, 0) is 13.0 Å². The zero-order valence-electron chi connectivity index (χ0n) is 19.2. The van der Waals surface area contributed by atoms with Crippen LogP contribution in [0.1, 0.15) is 40.9 Å². The van der Waals surface area contributed by atoms with Gasteiger partial charge in [0, 0.05) is 31.6 Å². The van der Waals surface area contributed by atoms with E-state index in [1.807, 2.05) is 24.3 Å². The molecule has 0 spiro atoms. The first kappa shape index (κ1) is 22.1. The maximum absolute atomic E-state index is 13.3. The van der Waals surface area contributed by atoms with Crippen LogP contribution in [0.25, 0.3) is 0 Å². The van der Waals surface area contributed by atoms with Gasteiger partial charge in [-0.25, -0.2) is 9.37 Å². The number of nitrogens with zero attached hydrogens (tertiary/aromatic N) is 4. The molecule has 34 heavy (non-hydrogen) atoms. The number of anilines is 1. The second-order valence-electron chi connectivity index (χ2n) is 8.54. The Morgan fingerprint density at radius 3 is 2.41 bits per heavy atom. The molecule has 1 amide bonds. The Morgan fingerprint density at radius 2 is 1.68 bits per heavy atom. The van der Waals surface area contributed by atoms with Gasteiger partial charge in [-0.05, 0) is 55.7 Å². The molecule has 3 aromatic rings. The fourth-order valence-corrected chi connectivity index (χ4v) is 4.45. The second-order valence-corrected chi connectivity index (χ2v) is 8.54. The molecule has 7 nitrogen and oxygen atoms in total. The predicted octanol–water partition coefficient (Wildman–Crippen LogP) is 4.61. The Hall–Kier alpha value is -3.68. The summed E-state index contributed by atoms with van der Waals surface area (Å²) in [6.45, 7) is 2.67. The standard InChI is InChI=1S/C26H27FN4O3/c1-33-22-7-3-4-8-23(22)34-24-20-17-31(25(32)18-9-11-19(27)12-10-18)16-13-21(20)28-26(29-24)30-14-5-2-6-15-30/h3-4,7-12H,2,5-6,13-17H2,1H3. The second kappa shape index (κ2) is 9.67. The number of ether oxygens (including phenoxy) is 2. The molecule has 8 heteroatoms. The zero-order chi connectivity index (χ0) is 23.5. The lowest BCUT2D eigenvalue weighted by Gasteiger charge is -2.32. The lowest BCUT2D eigenvalue weighted by Crippen LogP contribution is -2.37. The minimum absolute atomic E-state index is 0.158. The normalized spacial score (nSPS) is 15.6. The van der Waals surface area contributed by atoms with Crippen molar-refractivity contribution in [3.05, 3.63) is 71.2 Å². The summed E-state index contributed by atoms with van der Waals surface area (Å²) in [6.07, 6.45) is 4.03. The molecule has 0 radical (unpaired) electrons. The van der Waals surface area contributed by atoms with Crippen molar-refractivity contribution < 1.29 is 18.7 Å². The van der Waals surface area contributed by atoms with Crippen LogP contribution in [0.4, 0.5) is 10.3 Å². The Morgan fingerprint density at radius 1 is 0.941 bits per heavy atom. The average Bonchev–Trinajstić information content (AvgIpc) is 2.89. The smallest absolute Gasteiger partial charge is 0.254 e. The molecule has 0 atom stereocenters. The highest BCUT2D eigenvalue weighted by atomic mass is 19.1. The number of piperidine rings is 1. The molecule has 1 saturated heterocycles. The number of para-hydroxylation sites is 2. The predicted molar refractivity (Wildman–Crippen MR) is 126 cm³/mol. The first-order valence-electron chi connectivity index (χ1n) is 11.6. The van der Waals surface area contributed by atoms with Crippen LogP contribution < -0.4 is 14.4 Å². The van der Waals surface area contributed by atoms with Gasteiger partial charge in [0.15, 0.2) is 11.5 Å². The molecule has 0 saturated carbocycles. The number of halogens is 1.